The molecule has 8 heteroatoms. The van der Waals surface area contributed by atoms with Crippen LogP contribution in [-0.2, 0) is 0 Å². The van der Waals surface area contributed by atoms with Crippen molar-refractivity contribution < 1.29 is 17.9 Å². The van der Waals surface area contributed by atoms with Crippen LogP contribution < -0.4 is 9.64 Å². The van der Waals surface area contributed by atoms with Crippen molar-refractivity contribution in [2.24, 2.45) is 0 Å². The van der Waals surface area contributed by atoms with Gasteiger partial charge in [-0.25, -0.2) is 4.98 Å². The van der Waals surface area contributed by atoms with Crippen molar-refractivity contribution in [2.45, 2.75) is 13.1 Å². The Morgan fingerprint density at radius 1 is 1.44 bits per heavy atom. The molecule has 0 fully saturated rings. The molecule has 0 aliphatic heterocycles. The molecule has 0 aromatic carbocycles. The number of rotatable bonds is 6. The van der Waals surface area contributed by atoms with Crippen LogP contribution in [0.5, 0.6) is 5.88 Å². The number of hydrogen-bond acceptors (Lipinski definition) is 4. The quantitative estimate of drug-likeness (QED) is 0.752. The maximum Gasteiger partial charge on any atom is 0.406 e. The molecule has 1 aromatic heterocycles. The molecule has 4 nitrogen and oxygen atoms in total. The van der Waals surface area contributed by atoms with Gasteiger partial charge in [0.05, 0.1) is 6.61 Å². The summed E-state index contributed by atoms with van der Waals surface area (Å²) in [5, 5.41) is 0. The van der Waals surface area contributed by atoms with Gasteiger partial charge < -0.3 is 9.64 Å². The van der Waals surface area contributed by atoms with E-state index in [1.165, 1.54) is 12.3 Å². The van der Waals surface area contributed by atoms with E-state index >= 15 is 0 Å². The minimum absolute atomic E-state index is 0.0106. The van der Waals surface area contributed by atoms with Crippen LogP contribution in [0.4, 0.5) is 19.1 Å². The summed E-state index contributed by atoms with van der Waals surface area (Å²) in [7, 11) is 0. The lowest BCUT2D eigenvalue weighted by atomic mass is 10.5. The Balaban J connectivity index is 2.87. The van der Waals surface area contributed by atoms with E-state index in [4.69, 9.17) is 16.3 Å². The van der Waals surface area contributed by atoms with E-state index in [0.29, 0.717) is 6.61 Å². The van der Waals surface area contributed by atoms with Gasteiger partial charge in [0.25, 0.3) is 0 Å². The summed E-state index contributed by atoms with van der Waals surface area (Å²) in [5.74, 6) is 0.251. The molecule has 1 aromatic rings. The number of halogens is 4. The third-order valence-corrected chi connectivity index (χ3v) is 2.09. The smallest absolute Gasteiger partial charge is 0.406 e. The maximum atomic E-state index is 12.4. The molecular weight excluding hydrogens is 271 g/mol. The molecule has 0 aliphatic carbocycles. The fourth-order valence-electron chi connectivity index (χ4n) is 1.28. The molecule has 102 valence electrons. The minimum Gasteiger partial charge on any atom is -0.478 e. The Bertz CT molecular complexity index is 376. The van der Waals surface area contributed by atoms with Crippen molar-refractivity contribution in [3.05, 3.63) is 12.3 Å². The lowest BCUT2D eigenvalue weighted by Gasteiger charge is -2.22. The van der Waals surface area contributed by atoms with Crippen molar-refractivity contribution in [2.75, 3.05) is 30.5 Å². The van der Waals surface area contributed by atoms with Gasteiger partial charge in [0.1, 0.15) is 6.54 Å². The van der Waals surface area contributed by atoms with Gasteiger partial charge in [-0.15, -0.1) is 11.6 Å². The van der Waals surface area contributed by atoms with Gasteiger partial charge in [0.15, 0.2) is 0 Å². The number of alkyl halides is 4. The minimum atomic E-state index is -4.34. The first-order chi connectivity index (χ1) is 8.46. The predicted octanol–water partition coefficient (Wildman–Crippen LogP) is 2.48. The molecule has 0 unspecified atom stereocenters. The Labute approximate surface area is 108 Å². The van der Waals surface area contributed by atoms with Gasteiger partial charge in [-0.05, 0) is 6.92 Å². The van der Waals surface area contributed by atoms with Crippen LogP contribution in [0.3, 0.4) is 0 Å². The maximum absolute atomic E-state index is 12.4. The monoisotopic (exact) mass is 283 g/mol. The zero-order valence-corrected chi connectivity index (χ0v) is 10.5. The van der Waals surface area contributed by atoms with Crippen molar-refractivity contribution in [1.82, 2.24) is 9.97 Å². The molecular formula is C10H13ClF3N3O. The van der Waals surface area contributed by atoms with E-state index in [0.717, 1.165) is 4.90 Å². The summed E-state index contributed by atoms with van der Waals surface area (Å²) in [6.07, 6.45) is -2.98. The number of ether oxygens (including phenoxy) is 1. The zero-order chi connectivity index (χ0) is 13.6. The fraction of sp³-hybridized carbons (Fsp3) is 0.600. The second kappa shape index (κ2) is 6.63. The van der Waals surface area contributed by atoms with Crippen LogP contribution in [0.1, 0.15) is 6.92 Å². The lowest BCUT2D eigenvalue weighted by Crippen LogP contribution is -2.36. The number of anilines is 1. The van der Waals surface area contributed by atoms with Crippen LogP contribution in [0.25, 0.3) is 0 Å². The molecule has 0 saturated heterocycles. The summed E-state index contributed by atoms with van der Waals surface area (Å²) >= 11 is 5.48. The van der Waals surface area contributed by atoms with Crippen molar-refractivity contribution in [3.63, 3.8) is 0 Å². The molecule has 0 aliphatic rings. The number of hydrogen-bond donors (Lipinski definition) is 0. The molecule has 18 heavy (non-hydrogen) atoms. The molecule has 0 amide bonds. The van der Waals surface area contributed by atoms with Gasteiger partial charge in [0.2, 0.25) is 11.8 Å². The predicted molar refractivity (Wildman–Crippen MR) is 62.2 cm³/mol. The van der Waals surface area contributed by atoms with Crippen molar-refractivity contribution in [1.29, 1.82) is 0 Å². The van der Waals surface area contributed by atoms with Crippen molar-refractivity contribution >= 4 is 17.5 Å². The molecule has 0 radical (unpaired) electrons. The summed E-state index contributed by atoms with van der Waals surface area (Å²) in [6.45, 7) is 1.01. The highest BCUT2D eigenvalue weighted by molar-refractivity contribution is 6.18. The van der Waals surface area contributed by atoms with Gasteiger partial charge in [-0.1, -0.05) is 0 Å². The molecule has 1 heterocycles. The largest absolute Gasteiger partial charge is 0.478 e. The molecule has 0 N–H and O–H groups in total. The normalized spacial score (nSPS) is 11.4. The molecule has 1 rings (SSSR count). The number of nitrogens with zero attached hydrogens (tertiary/aromatic N) is 3. The third kappa shape index (κ3) is 4.95. The standard InChI is InChI=1S/C10H13ClF3N3O/c1-2-18-8-3-5-15-9(16-8)17(6-4-11)7-10(12,13)14/h3,5H,2,4,6-7H2,1H3. The van der Waals surface area contributed by atoms with Crippen LogP contribution in [0, 0.1) is 0 Å². The molecule has 0 saturated carbocycles. The average Bonchev–Trinajstić information content (AvgIpc) is 2.28. The second-order valence-corrected chi connectivity index (χ2v) is 3.73. The van der Waals surface area contributed by atoms with E-state index in [9.17, 15) is 13.2 Å². The van der Waals surface area contributed by atoms with Gasteiger partial charge >= 0.3 is 6.18 Å². The summed E-state index contributed by atoms with van der Waals surface area (Å²) in [6, 6.07) is 1.49. The highest BCUT2D eigenvalue weighted by Crippen LogP contribution is 2.20. The summed E-state index contributed by atoms with van der Waals surface area (Å²) in [4.78, 5) is 8.67. The van der Waals surface area contributed by atoms with Crippen molar-refractivity contribution in [3.8, 4) is 5.88 Å². The Morgan fingerprint density at radius 3 is 2.72 bits per heavy atom. The van der Waals surface area contributed by atoms with Crippen LogP contribution >= 0.6 is 11.6 Å². The average molecular weight is 284 g/mol. The van der Waals surface area contributed by atoms with Crippen LogP contribution in [0.15, 0.2) is 12.3 Å². The van der Waals surface area contributed by atoms with Gasteiger partial charge in [-0.2, -0.15) is 18.2 Å². The first-order valence-electron chi connectivity index (χ1n) is 5.29. The topological polar surface area (TPSA) is 38.2 Å². The second-order valence-electron chi connectivity index (χ2n) is 3.35. The molecule has 0 atom stereocenters. The van der Waals surface area contributed by atoms with E-state index in [2.05, 4.69) is 9.97 Å². The highest BCUT2D eigenvalue weighted by Gasteiger charge is 2.31. The van der Waals surface area contributed by atoms with Crippen LogP contribution in [0.2, 0.25) is 0 Å². The zero-order valence-electron chi connectivity index (χ0n) is 9.74. The van der Waals surface area contributed by atoms with Crippen LogP contribution in [-0.4, -0.2) is 41.7 Å². The highest BCUT2D eigenvalue weighted by atomic mass is 35.5. The van der Waals surface area contributed by atoms with Gasteiger partial charge in [-0.3, -0.25) is 0 Å². The molecule has 0 bridgehead atoms. The Morgan fingerprint density at radius 2 is 2.17 bits per heavy atom. The summed E-state index contributed by atoms with van der Waals surface area (Å²) < 4.78 is 42.3. The first-order valence-corrected chi connectivity index (χ1v) is 5.83. The SMILES string of the molecule is CCOc1ccnc(N(CCCl)CC(F)(F)F)n1. The van der Waals surface area contributed by atoms with E-state index in [1.807, 2.05) is 0 Å². The Kier molecular flexibility index (Phi) is 5.46. The lowest BCUT2D eigenvalue weighted by molar-refractivity contribution is -0.119. The molecule has 0 spiro atoms. The van der Waals surface area contributed by atoms with E-state index < -0.39 is 12.7 Å². The van der Waals surface area contributed by atoms with E-state index in [-0.39, 0.29) is 24.3 Å². The fourth-order valence-corrected chi connectivity index (χ4v) is 1.49. The summed E-state index contributed by atoms with van der Waals surface area (Å²) in [5.41, 5.74) is 0. The number of aromatic nitrogens is 2. The first kappa shape index (κ1) is 14.8. The third-order valence-electron chi connectivity index (χ3n) is 1.92. The van der Waals surface area contributed by atoms with Gasteiger partial charge in [0, 0.05) is 24.7 Å². The van der Waals surface area contributed by atoms with E-state index in [1.54, 1.807) is 6.92 Å². The Hall–Kier alpha value is -1.24.